The predicted molar refractivity (Wildman–Crippen MR) is 73.1 cm³/mol. The van der Waals surface area contributed by atoms with E-state index < -0.39 is 5.97 Å². The largest absolute Gasteiger partial charge is 0.465 e. The zero-order valence-electron chi connectivity index (χ0n) is 10.5. The molecule has 0 spiro atoms. The summed E-state index contributed by atoms with van der Waals surface area (Å²) in [6.07, 6.45) is 0. The quantitative estimate of drug-likeness (QED) is 0.793. The molecule has 0 saturated heterocycles. The summed E-state index contributed by atoms with van der Waals surface area (Å²) in [6, 6.07) is 10.3. The zero-order valence-corrected chi connectivity index (χ0v) is 11.3. The van der Waals surface area contributed by atoms with E-state index in [4.69, 9.17) is 11.6 Å². The first-order chi connectivity index (χ1) is 9.06. The fraction of sp³-hybridized carbons (Fsp3) is 0.143. The van der Waals surface area contributed by atoms with Gasteiger partial charge in [0.05, 0.1) is 17.7 Å². The topological polar surface area (TPSA) is 48.3 Å². The highest BCUT2D eigenvalue weighted by atomic mass is 35.5. The van der Waals surface area contributed by atoms with E-state index in [2.05, 4.69) is 4.74 Å². The maximum absolute atomic E-state index is 12.1. The van der Waals surface area contributed by atoms with Crippen molar-refractivity contribution < 1.29 is 9.53 Å². The molecule has 1 heterocycles. The maximum atomic E-state index is 12.1. The van der Waals surface area contributed by atoms with Gasteiger partial charge in [-0.05, 0) is 19.1 Å². The molecule has 19 heavy (non-hydrogen) atoms. The summed E-state index contributed by atoms with van der Waals surface area (Å²) in [5.41, 5.74) is 1.04. The Labute approximate surface area is 115 Å². The molecule has 2 aromatic rings. The average Bonchev–Trinajstić information content (AvgIpc) is 2.39. The molecule has 0 aliphatic heterocycles. The fourth-order valence-electron chi connectivity index (χ4n) is 1.94. The molecule has 0 aliphatic rings. The first-order valence-corrected chi connectivity index (χ1v) is 6.00. The van der Waals surface area contributed by atoms with E-state index in [0.717, 1.165) is 0 Å². The molecule has 0 aliphatic carbocycles. The second-order valence-electron chi connectivity index (χ2n) is 3.95. The van der Waals surface area contributed by atoms with Crippen LogP contribution in [0.5, 0.6) is 0 Å². The van der Waals surface area contributed by atoms with E-state index in [9.17, 15) is 9.59 Å². The van der Waals surface area contributed by atoms with Crippen LogP contribution in [0.2, 0.25) is 5.02 Å². The zero-order chi connectivity index (χ0) is 14.0. The Morgan fingerprint density at radius 1 is 1.26 bits per heavy atom. The Morgan fingerprint density at radius 3 is 2.47 bits per heavy atom. The lowest BCUT2D eigenvalue weighted by Gasteiger charge is -2.14. The summed E-state index contributed by atoms with van der Waals surface area (Å²) in [7, 11) is 1.27. The molecule has 0 fully saturated rings. The van der Waals surface area contributed by atoms with Crippen molar-refractivity contribution in [1.29, 1.82) is 0 Å². The van der Waals surface area contributed by atoms with E-state index in [-0.39, 0.29) is 16.1 Å². The van der Waals surface area contributed by atoms with Crippen molar-refractivity contribution in [3.63, 3.8) is 0 Å². The summed E-state index contributed by atoms with van der Waals surface area (Å²) < 4.78 is 6.12. The smallest absolute Gasteiger partial charge is 0.341 e. The lowest BCUT2D eigenvalue weighted by Crippen LogP contribution is -2.23. The van der Waals surface area contributed by atoms with Gasteiger partial charge < -0.3 is 4.74 Å². The number of para-hydroxylation sites is 1. The van der Waals surface area contributed by atoms with Gasteiger partial charge in [0, 0.05) is 17.4 Å². The summed E-state index contributed by atoms with van der Waals surface area (Å²) in [4.78, 5) is 23.8. The number of hydrogen-bond acceptors (Lipinski definition) is 3. The van der Waals surface area contributed by atoms with Gasteiger partial charge in [-0.3, -0.25) is 9.36 Å². The van der Waals surface area contributed by atoms with Crippen LogP contribution in [0.3, 0.4) is 0 Å². The molecular formula is C14H12ClNO3. The maximum Gasteiger partial charge on any atom is 0.341 e. The number of esters is 1. The highest BCUT2D eigenvalue weighted by Gasteiger charge is 2.19. The van der Waals surface area contributed by atoms with Crippen molar-refractivity contribution in [2.24, 2.45) is 0 Å². The van der Waals surface area contributed by atoms with Crippen molar-refractivity contribution in [1.82, 2.24) is 4.57 Å². The van der Waals surface area contributed by atoms with Gasteiger partial charge in [-0.2, -0.15) is 0 Å². The summed E-state index contributed by atoms with van der Waals surface area (Å²) in [5.74, 6) is -0.563. The molecule has 0 unspecified atom stereocenters. The van der Waals surface area contributed by atoms with Crippen LogP contribution in [0.25, 0.3) is 5.69 Å². The Balaban J connectivity index is 2.76. The summed E-state index contributed by atoms with van der Waals surface area (Å²) in [5, 5.41) is 0.0986. The Morgan fingerprint density at radius 2 is 1.89 bits per heavy atom. The number of pyridine rings is 1. The second kappa shape index (κ2) is 5.28. The molecule has 1 aromatic heterocycles. The second-order valence-corrected chi connectivity index (χ2v) is 4.36. The summed E-state index contributed by atoms with van der Waals surface area (Å²) >= 11 is 5.95. The molecule has 98 valence electrons. The van der Waals surface area contributed by atoms with Gasteiger partial charge in [0.25, 0.3) is 5.56 Å². The van der Waals surface area contributed by atoms with Crippen molar-refractivity contribution in [3.05, 3.63) is 63.0 Å². The van der Waals surface area contributed by atoms with Crippen molar-refractivity contribution in [2.45, 2.75) is 6.92 Å². The highest BCUT2D eigenvalue weighted by molar-refractivity contribution is 6.33. The minimum atomic E-state index is -0.563. The molecule has 0 saturated carbocycles. The van der Waals surface area contributed by atoms with Gasteiger partial charge in [0.15, 0.2) is 0 Å². The van der Waals surface area contributed by atoms with Crippen LogP contribution in [-0.2, 0) is 4.74 Å². The van der Waals surface area contributed by atoms with Gasteiger partial charge in [-0.15, -0.1) is 0 Å². The van der Waals surface area contributed by atoms with Crippen molar-refractivity contribution in [3.8, 4) is 5.69 Å². The third kappa shape index (κ3) is 2.39. The number of carbonyl (C=O) groups is 1. The first-order valence-electron chi connectivity index (χ1n) is 5.62. The lowest BCUT2D eigenvalue weighted by atomic mass is 10.2. The normalized spacial score (nSPS) is 10.3. The third-order valence-electron chi connectivity index (χ3n) is 2.81. The van der Waals surface area contributed by atoms with E-state index in [1.807, 2.05) is 18.2 Å². The van der Waals surface area contributed by atoms with Crippen LogP contribution in [0.1, 0.15) is 16.1 Å². The average molecular weight is 278 g/mol. The molecule has 0 amide bonds. The minimum absolute atomic E-state index is 0.0986. The van der Waals surface area contributed by atoms with Crippen LogP contribution in [0.4, 0.5) is 0 Å². The molecule has 4 nitrogen and oxygen atoms in total. The van der Waals surface area contributed by atoms with Crippen molar-refractivity contribution >= 4 is 17.6 Å². The van der Waals surface area contributed by atoms with E-state index in [0.29, 0.717) is 11.4 Å². The van der Waals surface area contributed by atoms with Crippen LogP contribution in [0, 0.1) is 6.92 Å². The molecular weight excluding hydrogens is 266 g/mol. The molecule has 0 atom stereocenters. The highest BCUT2D eigenvalue weighted by Crippen LogP contribution is 2.20. The molecule has 2 rings (SSSR count). The Kier molecular flexibility index (Phi) is 3.71. The molecule has 0 bridgehead atoms. The van der Waals surface area contributed by atoms with E-state index in [1.54, 1.807) is 19.1 Å². The fourth-order valence-corrected chi connectivity index (χ4v) is 2.25. The van der Waals surface area contributed by atoms with Crippen LogP contribution in [-0.4, -0.2) is 17.6 Å². The number of aromatic nitrogens is 1. The number of benzene rings is 1. The van der Waals surface area contributed by atoms with Crippen molar-refractivity contribution in [2.75, 3.05) is 7.11 Å². The SMILES string of the molecule is COC(=O)c1c(Cl)cc(=O)n(-c2ccccc2)c1C. The Hall–Kier alpha value is -2.07. The molecule has 1 aromatic carbocycles. The number of ether oxygens (including phenoxy) is 1. The monoisotopic (exact) mass is 277 g/mol. The number of carbonyl (C=O) groups excluding carboxylic acids is 1. The molecule has 0 N–H and O–H groups in total. The predicted octanol–water partition coefficient (Wildman–Crippen LogP) is 2.59. The number of methoxy groups -OCH3 is 1. The number of halogens is 1. The standard InChI is InChI=1S/C14H12ClNO3/c1-9-13(14(18)19-2)11(15)8-12(17)16(9)10-6-4-3-5-7-10/h3-8H,1-2H3. The number of rotatable bonds is 2. The van der Waals surface area contributed by atoms with Gasteiger partial charge in [-0.1, -0.05) is 29.8 Å². The van der Waals surface area contributed by atoms with Gasteiger partial charge >= 0.3 is 5.97 Å². The number of hydrogen-bond donors (Lipinski definition) is 0. The van der Waals surface area contributed by atoms with Gasteiger partial charge in [-0.25, -0.2) is 4.79 Å². The van der Waals surface area contributed by atoms with Crippen LogP contribution >= 0.6 is 11.6 Å². The van der Waals surface area contributed by atoms with E-state index >= 15 is 0 Å². The molecule has 5 heteroatoms. The van der Waals surface area contributed by atoms with Gasteiger partial charge in [0.2, 0.25) is 0 Å². The summed E-state index contributed by atoms with van der Waals surface area (Å²) in [6.45, 7) is 1.66. The van der Waals surface area contributed by atoms with E-state index in [1.165, 1.54) is 17.7 Å². The molecule has 0 radical (unpaired) electrons. The minimum Gasteiger partial charge on any atom is -0.465 e. The lowest BCUT2D eigenvalue weighted by molar-refractivity contribution is 0.0599. The number of nitrogens with zero attached hydrogens (tertiary/aromatic N) is 1. The first kappa shape index (κ1) is 13.4. The van der Waals surface area contributed by atoms with Crippen LogP contribution < -0.4 is 5.56 Å². The Bertz CT molecular complexity index is 677. The third-order valence-corrected chi connectivity index (χ3v) is 3.11. The van der Waals surface area contributed by atoms with Crippen LogP contribution in [0.15, 0.2) is 41.2 Å². The van der Waals surface area contributed by atoms with Gasteiger partial charge in [0.1, 0.15) is 0 Å².